The molecule has 0 aliphatic heterocycles. The highest BCUT2D eigenvalue weighted by molar-refractivity contribution is 5.57. The van der Waals surface area contributed by atoms with E-state index in [0.29, 0.717) is 23.3 Å². The van der Waals surface area contributed by atoms with Gasteiger partial charge in [0.15, 0.2) is 0 Å². The SMILES string of the molecule is C=C(C)C(OOC1CC(C)CCC1C(C)C)OC(=O)O. The molecule has 0 saturated heterocycles. The summed E-state index contributed by atoms with van der Waals surface area (Å²) in [5, 5.41) is 8.65. The van der Waals surface area contributed by atoms with Crippen molar-refractivity contribution in [3.63, 3.8) is 0 Å². The lowest BCUT2D eigenvalue weighted by atomic mass is 9.75. The Morgan fingerprint density at radius 1 is 1.35 bits per heavy atom. The molecule has 0 bridgehead atoms. The van der Waals surface area contributed by atoms with Crippen LogP contribution in [0.15, 0.2) is 12.2 Å². The zero-order valence-electron chi connectivity index (χ0n) is 12.8. The molecule has 5 nitrogen and oxygen atoms in total. The fourth-order valence-electron chi connectivity index (χ4n) is 2.64. The zero-order chi connectivity index (χ0) is 15.3. The molecule has 20 heavy (non-hydrogen) atoms. The summed E-state index contributed by atoms with van der Waals surface area (Å²) >= 11 is 0. The van der Waals surface area contributed by atoms with E-state index < -0.39 is 12.4 Å². The van der Waals surface area contributed by atoms with Gasteiger partial charge in [-0.1, -0.05) is 33.8 Å². The van der Waals surface area contributed by atoms with E-state index in [1.54, 1.807) is 6.92 Å². The Kier molecular flexibility index (Phi) is 6.49. The van der Waals surface area contributed by atoms with E-state index in [0.717, 1.165) is 12.8 Å². The van der Waals surface area contributed by atoms with Crippen molar-refractivity contribution in [3.05, 3.63) is 12.2 Å². The van der Waals surface area contributed by atoms with Crippen LogP contribution in [-0.2, 0) is 14.5 Å². The maximum absolute atomic E-state index is 10.6. The van der Waals surface area contributed by atoms with Gasteiger partial charge in [-0.3, -0.25) is 0 Å². The second kappa shape index (κ2) is 7.64. The van der Waals surface area contributed by atoms with E-state index in [4.69, 9.17) is 14.9 Å². The molecular formula is C15H26O5. The molecule has 1 rings (SSSR count). The maximum Gasteiger partial charge on any atom is 0.508 e. The molecule has 4 unspecified atom stereocenters. The Morgan fingerprint density at radius 2 is 2.00 bits per heavy atom. The lowest BCUT2D eigenvalue weighted by molar-refractivity contribution is -0.392. The van der Waals surface area contributed by atoms with Gasteiger partial charge in [-0.25, -0.2) is 9.68 Å². The topological polar surface area (TPSA) is 65.0 Å². The van der Waals surface area contributed by atoms with Crippen molar-refractivity contribution >= 4 is 6.16 Å². The maximum atomic E-state index is 10.6. The van der Waals surface area contributed by atoms with E-state index in [1.165, 1.54) is 6.42 Å². The van der Waals surface area contributed by atoms with E-state index in [9.17, 15) is 4.79 Å². The number of hydrogen-bond donors (Lipinski definition) is 1. The minimum atomic E-state index is -1.40. The normalized spacial score (nSPS) is 28.1. The highest BCUT2D eigenvalue weighted by atomic mass is 17.2. The van der Waals surface area contributed by atoms with Crippen LogP contribution in [0.4, 0.5) is 4.79 Å². The Morgan fingerprint density at radius 3 is 2.50 bits per heavy atom. The molecule has 0 heterocycles. The zero-order valence-corrected chi connectivity index (χ0v) is 12.8. The summed E-state index contributed by atoms with van der Waals surface area (Å²) in [5.74, 6) is 1.50. The molecule has 1 N–H and O–H groups in total. The van der Waals surface area contributed by atoms with E-state index >= 15 is 0 Å². The van der Waals surface area contributed by atoms with Crippen LogP contribution in [0.5, 0.6) is 0 Å². The minimum absolute atomic E-state index is 0.0296. The minimum Gasteiger partial charge on any atom is -0.450 e. The van der Waals surface area contributed by atoms with Crippen LogP contribution < -0.4 is 0 Å². The van der Waals surface area contributed by atoms with Gasteiger partial charge in [0, 0.05) is 0 Å². The lowest BCUT2D eigenvalue weighted by Gasteiger charge is -2.36. The Balaban J connectivity index is 2.58. The smallest absolute Gasteiger partial charge is 0.450 e. The summed E-state index contributed by atoms with van der Waals surface area (Å²) in [6, 6.07) is 0. The predicted molar refractivity (Wildman–Crippen MR) is 75.0 cm³/mol. The fourth-order valence-corrected chi connectivity index (χ4v) is 2.64. The number of carbonyl (C=O) groups is 1. The quantitative estimate of drug-likeness (QED) is 0.263. The summed E-state index contributed by atoms with van der Waals surface area (Å²) in [5.41, 5.74) is 0.456. The third-order valence-electron chi connectivity index (χ3n) is 3.84. The van der Waals surface area contributed by atoms with Gasteiger partial charge in [0.05, 0.1) is 6.10 Å². The number of rotatable bonds is 6. The van der Waals surface area contributed by atoms with E-state index in [-0.39, 0.29) is 6.10 Å². The van der Waals surface area contributed by atoms with Gasteiger partial charge in [0.1, 0.15) is 0 Å². The van der Waals surface area contributed by atoms with Crippen LogP contribution in [0.2, 0.25) is 0 Å². The van der Waals surface area contributed by atoms with Crippen LogP contribution in [-0.4, -0.2) is 23.7 Å². The predicted octanol–water partition coefficient (Wildman–Crippen LogP) is 3.99. The van der Waals surface area contributed by atoms with Crippen molar-refractivity contribution in [3.8, 4) is 0 Å². The van der Waals surface area contributed by atoms with Gasteiger partial charge < -0.3 is 9.84 Å². The van der Waals surface area contributed by atoms with Crippen molar-refractivity contribution < 1.29 is 24.4 Å². The summed E-state index contributed by atoms with van der Waals surface area (Å²) in [4.78, 5) is 21.3. The van der Waals surface area contributed by atoms with Crippen molar-refractivity contribution in [2.45, 2.75) is 59.4 Å². The molecule has 0 aromatic carbocycles. The van der Waals surface area contributed by atoms with Crippen LogP contribution in [0.25, 0.3) is 0 Å². The number of hydrogen-bond acceptors (Lipinski definition) is 4. The molecule has 1 aliphatic rings. The summed E-state index contributed by atoms with van der Waals surface area (Å²) in [7, 11) is 0. The molecule has 5 heteroatoms. The first kappa shape index (κ1) is 17.0. The summed E-state index contributed by atoms with van der Waals surface area (Å²) in [6.45, 7) is 11.8. The average Bonchev–Trinajstić information content (AvgIpc) is 2.33. The highest BCUT2D eigenvalue weighted by Crippen LogP contribution is 2.35. The molecule has 1 saturated carbocycles. The second-order valence-electron chi connectivity index (χ2n) is 6.12. The van der Waals surface area contributed by atoms with Gasteiger partial charge in [0.2, 0.25) is 0 Å². The molecule has 1 fully saturated rings. The fraction of sp³-hybridized carbons (Fsp3) is 0.800. The monoisotopic (exact) mass is 286 g/mol. The van der Waals surface area contributed by atoms with Gasteiger partial charge in [-0.05, 0) is 43.1 Å². The van der Waals surface area contributed by atoms with Crippen LogP contribution in [0.3, 0.4) is 0 Å². The Labute approximate surface area is 120 Å². The molecule has 0 spiro atoms. The Bertz CT molecular complexity index is 339. The third kappa shape index (κ3) is 5.13. The third-order valence-corrected chi connectivity index (χ3v) is 3.84. The molecule has 0 radical (unpaired) electrons. The summed E-state index contributed by atoms with van der Waals surface area (Å²) < 4.78 is 4.60. The molecule has 1 aliphatic carbocycles. The Hall–Kier alpha value is -1.07. The molecule has 0 aromatic heterocycles. The molecule has 0 amide bonds. The number of ether oxygens (including phenoxy) is 1. The van der Waals surface area contributed by atoms with Crippen LogP contribution in [0.1, 0.15) is 47.0 Å². The first-order valence-electron chi connectivity index (χ1n) is 7.18. The van der Waals surface area contributed by atoms with Crippen molar-refractivity contribution in [1.29, 1.82) is 0 Å². The first-order chi connectivity index (χ1) is 9.31. The van der Waals surface area contributed by atoms with Crippen molar-refractivity contribution in [2.75, 3.05) is 0 Å². The van der Waals surface area contributed by atoms with Gasteiger partial charge in [0.25, 0.3) is 6.29 Å². The first-order valence-corrected chi connectivity index (χ1v) is 7.18. The molecule has 4 atom stereocenters. The second-order valence-corrected chi connectivity index (χ2v) is 6.12. The molecule has 0 aromatic rings. The number of carboxylic acid groups (broad SMARTS) is 1. The van der Waals surface area contributed by atoms with E-state index in [2.05, 4.69) is 32.1 Å². The molecular weight excluding hydrogens is 260 g/mol. The standard InChI is InChI=1S/C15H26O5/c1-9(2)12-7-6-11(5)8-13(12)19-20-14(10(3)4)18-15(16)17/h9,11-14H,3,6-8H2,1-2,4-5H3,(H,16,17). The van der Waals surface area contributed by atoms with Crippen molar-refractivity contribution in [1.82, 2.24) is 0 Å². The van der Waals surface area contributed by atoms with Crippen LogP contribution in [0, 0.1) is 17.8 Å². The van der Waals surface area contributed by atoms with Gasteiger partial charge >= 0.3 is 6.16 Å². The van der Waals surface area contributed by atoms with Gasteiger partial charge in [-0.2, -0.15) is 4.89 Å². The lowest BCUT2D eigenvalue weighted by Crippen LogP contribution is -2.36. The average molecular weight is 286 g/mol. The van der Waals surface area contributed by atoms with Crippen molar-refractivity contribution in [2.24, 2.45) is 17.8 Å². The highest BCUT2D eigenvalue weighted by Gasteiger charge is 2.33. The molecule has 116 valence electrons. The summed E-state index contributed by atoms with van der Waals surface area (Å²) in [6.07, 6.45) is 0.705. The largest absolute Gasteiger partial charge is 0.508 e. The van der Waals surface area contributed by atoms with Crippen LogP contribution >= 0.6 is 0 Å². The van der Waals surface area contributed by atoms with Gasteiger partial charge in [-0.15, -0.1) is 0 Å². The van der Waals surface area contributed by atoms with E-state index in [1.807, 2.05) is 0 Å².